The summed E-state index contributed by atoms with van der Waals surface area (Å²) in [6, 6.07) is 0. The van der Waals surface area contributed by atoms with Crippen LogP contribution < -0.4 is 5.73 Å². The van der Waals surface area contributed by atoms with E-state index >= 15 is 0 Å². The molecule has 2 heterocycles. The monoisotopic (exact) mass is 328 g/mol. The average Bonchev–Trinajstić information content (AvgIpc) is 2.67. The van der Waals surface area contributed by atoms with Gasteiger partial charge in [0.05, 0.1) is 11.9 Å². The first-order chi connectivity index (χ1) is 10.1. The molecule has 2 aliphatic rings. The molecule has 0 radical (unpaired) electrons. The largest absolute Gasteiger partial charge is 0.481 e. The van der Waals surface area contributed by atoms with Crippen molar-refractivity contribution in [2.24, 2.45) is 11.1 Å². The quantitative estimate of drug-likeness (QED) is 0.808. The summed E-state index contributed by atoms with van der Waals surface area (Å²) in [4.78, 5) is 26.5. The summed E-state index contributed by atoms with van der Waals surface area (Å²) in [5.41, 5.74) is 5.46. The minimum absolute atomic E-state index is 0.363. The summed E-state index contributed by atoms with van der Waals surface area (Å²) in [6.07, 6.45) is 0.634. The SMILES string of the molecule is CCC1(C(=O)O)C2=C(CN(C(=O)OC(C)(C)C)CC2)SC1N. The third-order valence-electron chi connectivity index (χ3n) is 4.19. The van der Waals surface area contributed by atoms with Crippen LogP contribution in [0, 0.1) is 5.41 Å². The molecular formula is C15H24N2O4S. The zero-order chi connectivity index (χ0) is 16.7. The molecule has 0 aromatic carbocycles. The Balaban J connectivity index is 2.21. The molecule has 0 spiro atoms. The van der Waals surface area contributed by atoms with Crippen molar-refractivity contribution in [3.05, 3.63) is 10.5 Å². The van der Waals surface area contributed by atoms with Gasteiger partial charge in [0.1, 0.15) is 11.0 Å². The molecule has 7 heteroatoms. The molecule has 0 aromatic rings. The Morgan fingerprint density at radius 1 is 1.50 bits per heavy atom. The normalized spacial score (nSPS) is 28.6. The summed E-state index contributed by atoms with van der Waals surface area (Å²) in [7, 11) is 0. The molecule has 2 aliphatic heterocycles. The molecule has 2 unspecified atom stereocenters. The van der Waals surface area contributed by atoms with Crippen LogP contribution in [0.15, 0.2) is 10.5 Å². The Morgan fingerprint density at radius 2 is 2.14 bits per heavy atom. The van der Waals surface area contributed by atoms with Gasteiger partial charge in [0.15, 0.2) is 0 Å². The number of carbonyl (C=O) groups excluding carboxylic acids is 1. The van der Waals surface area contributed by atoms with E-state index in [9.17, 15) is 14.7 Å². The van der Waals surface area contributed by atoms with Crippen LogP contribution in [-0.2, 0) is 9.53 Å². The molecule has 0 bridgehead atoms. The van der Waals surface area contributed by atoms with Gasteiger partial charge < -0.3 is 20.5 Å². The van der Waals surface area contributed by atoms with Crippen molar-refractivity contribution in [2.45, 2.75) is 51.5 Å². The molecule has 2 atom stereocenters. The van der Waals surface area contributed by atoms with Gasteiger partial charge in [-0.15, -0.1) is 11.8 Å². The maximum atomic E-state index is 12.2. The Bertz CT molecular complexity index is 526. The summed E-state index contributed by atoms with van der Waals surface area (Å²) in [6.45, 7) is 8.18. The Morgan fingerprint density at radius 3 is 2.64 bits per heavy atom. The minimum atomic E-state index is -1.000. The van der Waals surface area contributed by atoms with Crippen molar-refractivity contribution < 1.29 is 19.4 Å². The molecule has 6 nitrogen and oxygen atoms in total. The van der Waals surface area contributed by atoms with Gasteiger partial charge >= 0.3 is 12.1 Å². The topological polar surface area (TPSA) is 92.9 Å². The maximum absolute atomic E-state index is 12.2. The van der Waals surface area contributed by atoms with Gasteiger partial charge in [-0.05, 0) is 39.2 Å². The van der Waals surface area contributed by atoms with Crippen LogP contribution in [0.1, 0.15) is 40.5 Å². The molecule has 1 amide bonds. The average molecular weight is 328 g/mol. The lowest BCUT2D eigenvalue weighted by Crippen LogP contribution is -2.46. The molecule has 0 fully saturated rings. The Hall–Kier alpha value is -1.21. The fourth-order valence-electron chi connectivity index (χ4n) is 3.04. The van der Waals surface area contributed by atoms with Crippen LogP contribution in [-0.4, -0.2) is 46.1 Å². The Labute approximate surface area is 135 Å². The first kappa shape index (κ1) is 17.1. The van der Waals surface area contributed by atoms with Crippen molar-refractivity contribution in [1.82, 2.24) is 4.90 Å². The van der Waals surface area contributed by atoms with Crippen molar-refractivity contribution in [2.75, 3.05) is 13.1 Å². The highest BCUT2D eigenvalue weighted by Crippen LogP contribution is 2.53. The molecule has 0 saturated carbocycles. The van der Waals surface area contributed by atoms with Crippen LogP contribution >= 0.6 is 11.8 Å². The van der Waals surface area contributed by atoms with Gasteiger partial charge in [-0.3, -0.25) is 4.79 Å². The number of aliphatic carboxylic acids is 1. The van der Waals surface area contributed by atoms with E-state index in [0.717, 1.165) is 10.5 Å². The van der Waals surface area contributed by atoms with Crippen molar-refractivity contribution in [3.8, 4) is 0 Å². The van der Waals surface area contributed by atoms with Gasteiger partial charge in [0.25, 0.3) is 0 Å². The standard InChI is InChI=1S/C15H24N2O4S/c1-5-15(12(18)19)9-6-7-17(8-10(9)22-11(15)16)13(20)21-14(2,3)4/h11H,5-8,16H2,1-4H3,(H,18,19). The number of nitrogens with two attached hydrogens (primary N) is 1. The number of hydrogen-bond acceptors (Lipinski definition) is 5. The lowest BCUT2D eigenvalue weighted by atomic mass is 9.75. The van der Waals surface area contributed by atoms with E-state index in [1.54, 1.807) is 4.90 Å². The number of amides is 1. The zero-order valence-electron chi connectivity index (χ0n) is 13.5. The van der Waals surface area contributed by atoms with E-state index in [4.69, 9.17) is 10.5 Å². The summed E-state index contributed by atoms with van der Waals surface area (Å²) < 4.78 is 5.39. The van der Waals surface area contributed by atoms with E-state index in [-0.39, 0.29) is 6.09 Å². The Kier molecular flexibility index (Phi) is 4.50. The smallest absolute Gasteiger partial charge is 0.410 e. The predicted molar refractivity (Wildman–Crippen MR) is 85.4 cm³/mol. The highest BCUT2D eigenvalue weighted by molar-refractivity contribution is 8.04. The fraction of sp³-hybridized carbons (Fsp3) is 0.733. The van der Waals surface area contributed by atoms with Crippen LogP contribution in [0.4, 0.5) is 4.79 Å². The van der Waals surface area contributed by atoms with E-state index in [0.29, 0.717) is 25.9 Å². The minimum Gasteiger partial charge on any atom is -0.481 e. The number of carbonyl (C=O) groups is 2. The van der Waals surface area contributed by atoms with Gasteiger partial charge in [-0.25, -0.2) is 4.79 Å². The van der Waals surface area contributed by atoms with Gasteiger partial charge in [-0.1, -0.05) is 6.92 Å². The second kappa shape index (κ2) is 5.77. The van der Waals surface area contributed by atoms with E-state index in [2.05, 4.69) is 0 Å². The molecule has 22 heavy (non-hydrogen) atoms. The van der Waals surface area contributed by atoms with Crippen molar-refractivity contribution in [3.63, 3.8) is 0 Å². The van der Waals surface area contributed by atoms with Gasteiger partial charge in [-0.2, -0.15) is 0 Å². The van der Waals surface area contributed by atoms with Crippen LogP contribution in [0.25, 0.3) is 0 Å². The predicted octanol–water partition coefficient (Wildman–Crippen LogP) is 2.39. The molecule has 124 valence electrons. The highest BCUT2D eigenvalue weighted by atomic mass is 32.2. The van der Waals surface area contributed by atoms with E-state index in [1.165, 1.54) is 11.8 Å². The van der Waals surface area contributed by atoms with Gasteiger partial charge in [0, 0.05) is 11.4 Å². The lowest BCUT2D eigenvalue weighted by Gasteiger charge is -2.34. The molecule has 3 N–H and O–H groups in total. The van der Waals surface area contributed by atoms with Crippen molar-refractivity contribution >= 4 is 23.8 Å². The summed E-state index contributed by atoms with van der Waals surface area (Å²) in [5, 5.41) is 9.17. The number of nitrogens with zero attached hydrogens (tertiary/aromatic N) is 1. The van der Waals surface area contributed by atoms with E-state index in [1.807, 2.05) is 27.7 Å². The lowest BCUT2D eigenvalue weighted by molar-refractivity contribution is -0.146. The number of rotatable bonds is 2. The number of hydrogen-bond donors (Lipinski definition) is 2. The molecule has 0 saturated heterocycles. The first-order valence-electron chi connectivity index (χ1n) is 7.48. The van der Waals surface area contributed by atoms with Crippen LogP contribution in [0.2, 0.25) is 0 Å². The summed E-state index contributed by atoms with van der Waals surface area (Å²) >= 11 is 1.38. The number of carboxylic acid groups (broad SMARTS) is 1. The number of thioether (sulfide) groups is 1. The second-order valence-corrected chi connectivity index (χ2v) is 7.96. The molecular weight excluding hydrogens is 304 g/mol. The second-order valence-electron chi connectivity index (χ2n) is 6.72. The molecule has 0 aromatic heterocycles. The first-order valence-corrected chi connectivity index (χ1v) is 8.36. The van der Waals surface area contributed by atoms with Crippen LogP contribution in [0.3, 0.4) is 0 Å². The highest BCUT2D eigenvalue weighted by Gasteiger charge is 2.53. The van der Waals surface area contributed by atoms with Gasteiger partial charge in [0.2, 0.25) is 0 Å². The maximum Gasteiger partial charge on any atom is 0.410 e. The van der Waals surface area contributed by atoms with Crippen LogP contribution in [0.5, 0.6) is 0 Å². The molecule has 2 rings (SSSR count). The zero-order valence-corrected chi connectivity index (χ0v) is 14.3. The fourth-order valence-corrected chi connectivity index (χ4v) is 4.61. The molecule has 0 aliphatic carbocycles. The third kappa shape index (κ3) is 2.84. The summed E-state index contributed by atoms with van der Waals surface area (Å²) in [5.74, 6) is -0.870. The van der Waals surface area contributed by atoms with E-state index < -0.39 is 22.4 Å². The number of carboxylic acids is 1. The third-order valence-corrected chi connectivity index (χ3v) is 5.50. The number of ether oxygens (including phenoxy) is 1. The van der Waals surface area contributed by atoms with Crippen molar-refractivity contribution in [1.29, 1.82) is 0 Å².